The minimum atomic E-state index is -2.69. The van der Waals surface area contributed by atoms with Gasteiger partial charge in [0.15, 0.2) is 0 Å². The molecule has 0 spiro atoms. The van der Waals surface area contributed by atoms with Crippen LogP contribution in [0.2, 0.25) is 5.54 Å². The van der Waals surface area contributed by atoms with E-state index in [0.29, 0.717) is 5.92 Å². The first-order valence-electron chi connectivity index (χ1n) is 7.96. The molecule has 0 saturated carbocycles. The van der Waals surface area contributed by atoms with Crippen LogP contribution in [0.5, 0.6) is 0 Å². The Morgan fingerprint density at radius 1 is 1.00 bits per heavy atom. The van der Waals surface area contributed by atoms with Gasteiger partial charge in [-0.05, 0) is 17.9 Å². The molecule has 1 aromatic carbocycles. The smallest absolute Gasteiger partial charge is 0.377 e. The number of benzene rings is 1. The standard InChI is InChI=1S/C18H30O3Si/c1-7-16(15-13-11-10-12-14-15)17(8-2)18(9-3)22(19-4,20-5)21-6/h7,10-14,16-18H,1,8-9H2,2-6H3. The van der Waals surface area contributed by atoms with Crippen LogP contribution in [-0.4, -0.2) is 30.1 Å². The van der Waals surface area contributed by atoms with Crippen molar-refractivity contribution in [2.75, 3.05) is 21.3 Å². The minimum absolute atomic E-state index is 0.237. The molecule has 0 saturated heterocycles. The Labute approximate surface area is 136 Å². The summed E-state index contributed by atoms with van der Waals surface area (Å²) in [6.45, 7) is 8.47. The third-order valence-corrected chi connectivity index (χ3v) is 8.09. The van der Waals surface area contributed by atoms with Crippen LogP contribution in [0, 0.1) is 5.92 Å². The van der Waals surface area contributed by atoms with Crippen LogP contribution in [0.3, 0.4) is 0 Å². The summed E-state index contributed by atoms with van der Waals surface area (Å²) in [5.74, 6) is 0.639. The lowest BCUT2D eigenvalue weighted by atomic mass is 9.81. The summed E-state index contributed by atoms with van der Waals surface area (Å²) < 4.78 is 17.3. The zero-order chi connectivity index (χ0) is 16.6. The van der Waals surface area contributed by atoms with Crippen LogP contribution in [-0.2, 0) is 13.3 Å². The van der Waals surface area contributed by atoms with Crippen LogP contribution >= 0.6 is 0 Å². The fraction of sp³-hybridized carbons (Fsp3) is 0.556. The Bertz CT molecular complexity index is 423. The van der Waals surface area contributed by atoms with E-state index in [9.17, 15) is 0 Å². The molecule has 0 aliphatic carbocycles. The Kier molecular flexibility index (Phi) is 8.04. The second kappa shape index (κ2) is 9.25. The van der Waals surface area contributed by atoms with Gasteiger partial charge in [-0.1, -0.05) is 56.7 Å². The lowest BCUT2D eigenvalue weighted by molar-refractivity contribution is 0.0976. The van der Waals surface area contributed by atoms with E-state index in [0.717, 1.165) is 12.8 Å². The first-order valence-corrected chi connectivity index (χ1v) is 9.77. The lowest BCUT2D eigenvalue weighted by Gasteiger charge is -2.39. The summed E-state index contributed by atoms with van der Waals surface area (Å²) in [4.78, 5) is 0. The molecule has 0 aliphatic rings. The molecule has 3 nitrogen and oxygen atoms in total. The molecule has 0 amide bonds. The third kappa shape index (κ3) is 3.87. The van der Waals surface area contributed by atoms with Crippen LogP contribution in [0.25, 0.3) is 0 Å². The van der Waals surface area contributed by atoms with E-state index >= 15 is 0 Å². The van der Waals surface area contributed by atoms with Gasteiger partial charge in [0.25, 0.3) is 0 Å². The summed E-state index contributed by atoms with van der Waals surface area (Å²) >= 11 is 0. The molecule has 0 bridgehead atoms. The van der Waals surface area contributed by atoms with Crippen molar-refractivity contribution in [1.29, 1.82) is 0 Å². The minimum Gasteiger partial charge on any atom is -0.377 e. The maximum absolute atomic E-state index is 5.76. The molecule has 0 N–H and O–H groups in total. The normalized spacial score (nSPS) is 16.0. The average molecular weight is 323 g/mol. The molecule has 3 unspecified atom stereocenters. The van der Waals surface area contributed by atoms with E-state index in [1.807, 2.05) is 12.1 Å². The van der Waals surface area contributed by atoms with Crippen molar-refractivity contribution in [3.8, 4) is 0 Å². The predicted octanol–water partition coefficient (Wildman–Crippen LogP) is 4.64. The van der Waals surface area contributed by atoms with E-state index in [2.05, 4.69) is 44.7 Å². The van der Waals surface area contributed by atoms with Gasteiger partial charge in [-0.2, -0.15) is 0 Å². The van der Waals surface area contributed by atoms with Gasteiger partial charge < -0.3 is 13.3 Å². The number of hydrogen-bond donors (Lipinski definition) is 0. The molecule has 0 heterocycles. The number of rotatable bonds is 10. The molecule has 22 heavy (non-hydrogen) atoms. The van der Waals surface area contributed by atoms with Crippen molar-refractivity contribution in [2.45, 2.75) is 38.1 Å². The number of hydrogen-bond acceptors (Lipinski definition) is 3. The van der Waals surface area contributed by atoms with Crippen molar-refractivity contribution in [3.05, 3.63) is 48.6 Å². The van der Waals surface area contributed by atoms with Gasteiger partial charge in [0.1, 0.15) is 0 Å². The highest BCUT2D eigenvalue weighted by molar-refractivity contribution is 6.62. The van der Waals surface area contributed by atoms with Gasteiger partial charge in [-0.25, -0.2) is 0 Å². The first-order chi connectivity index (χ1) is 10.6. The molecule has 1 aromatic rings. The first kappa shape index (κ1) is 19.1. The number of allylic oxidation sites excluding steroid dienone is 1. The molecular weight excluding hydrogens is 292 g/mol. The highest BCUT2D eigenvalue weighted by Gasteiger charge is 2.50. The summed E-state index contributed by atoms with van der Waals surface area (Å²) in [6, 6.07) is 10.5. The van der Waals surface area contributed by atoms with E-state index in [1.165, 1.54) is 5.56 Å². The summed E-state index contributed by atoms with van der Waals surface area (Å²) in [6.07, 6.45) is 4.03. The molecule has 0 fully saturated rings. The Morgan fingerprint density at radius 3 is 1.91 bits per heavy atom. The highest BCUT2D eigenvalue weighted by atomic mass is 28.4. The fourth-order valence-electron chi connectivity index (χ4n) is 3.54. The van der Waals surface area contributed by atoms with E-state index in [-0.39, 0.29) is 11.5 Å². The maximum Gasteiger partial charge on any atom is 0.503 e. The molecule has 0 aromatic heterocycles. The van der Waals surface area contributed by atoms with Crippen LogP contribution in [0.15, 0.2) is 43.0 Å². The largest absolute Gasteiger partial charge is 0.503 e. The van der Waals surface area contributed by atoms with Gasteiger partial charge in [0.05, 0.1) is 0 Å². The van der Waals surface area contributed by atoms with Gasteiger partial charge in [0.2, 0.25) is 0 Å². The third-order valence-electron chi connectivity index (χ3n) is 4.64. The molecule has 124 valence electrons. The molecule has 0 radical (unpaired) electrons. The van der Waals surface area contributed by atoms with Crippen LogP contribution in [0.1, 0.15) is 38.2 Å². The molecule has 0 aliphatic heterocycles. The van der Waals surface area contributed by atoms with Gasteiger partial charge in [-0.15, -0.1) is 6.58 Å². The van der Waals surface area contributed by atoms with Gasteiger partial charge in [-0.3, -0.25) is 0 Å². The Balaban J connectivity index is 3.22. The lowest BCUT2D eigenvalue weighted by Crippen LogP contribution is -2.50. The Morgan fingerprint density at radius 2 is 1.55 bits per heavy atom. The van der Waals surface area contributed by atoms with Crippen molar-refractivity contribution in [3.63, 3.8) is 0 Å². The molecule has 3 atom stereocenters. The summed E-state index contributed by atoms with van der Waals surface area (Å²) in [5.41, 5.74) is 1.52. The SMILES string of the molecule is C=CC(c1ccccc1)C(CC)C(CC)[Si](OC)(OC)OC. The van der Waals surface area contributed by atoms with Gasteiger partial charge in [0, 0.05) is 32.8 Å². The van der Waals surface area contributed by atoms with Crippen molar-refractivity contribution >= 4 is 8.80 Å². The molecule has 1 rings (SSSR count). The second-order valence-corrected chi connectivity index (χ2v) is 8.65. The maximum atomic E-state index is 5.76. The topological polar surface area (TPSA) is 27.7 Å². The molecular formula is C18H30O3Si. The summed E-state index contributed by atoms with van der Waals surface area (Å²) in [7, 11) is 2.39. The molecule has 4 heteroatoms. The van der Waals surface area contributed by atoms with E-state index < -0.39 is 8.80 Å². The van der Waals surface area contributed by atoms with E-state index in [4.69, 9.17) is 13.3 Å². The summed E-state index contributed by atoms with van der Waals surface area (Å²) in [5, 5.41) is 0. The van der Waals surface area contributed by atoms with Crippen molar-refractivity contribution in [2.24, 2.45) is 5.92 Å². The van der Waals surface area contributed by atoms with Crippen molar-refractivity contribution < 1.29 is 13.3 Å². The quantitative estimate of drug-likeness (QED) is 0.464. The van der Waals surface area contributed by atoms with E-state index in [1.54, 1.807) is 21.3 Å². The average Bonchev–Trinajstić information content (AvgIpc) is 2.59. The zero-order valence-electron chi connectivity index (χ0n) is 14.5. The zero-order valence-corrected chi connectivity index (χ0v) is 15.5. The monoisotopic (exact) mass is 322 g/mol. The van der Waals surface area contributed by atoms with Crippen LogP contribution in [0.4, 0.5) is 0 Å². The fourth-order valence-corrected chi connectivity index (χ4v) is 6.42. The van der Waals surface area contributed by atoms with Gasteiger partial charge >= 0.3 is 8.80 Å². The predicted molar refractivity (Wildman–Crippen MR) is 94.0 cm³/mol. The highest BCUT2D eigenvalue weighted by Crippen LogP contribution is 2.44. The Hall–Kier alpha value is -0.943. The second-order valence-electron chi connectivity index (χ2n) is 5.47. The van der Waals surface area contributed by atoms with Crippen molar-refractivity contribution in [1.82, 2.24) is 0 Å². The van der Waals surface area contributed by atoms with Crippen LogP contribution < -0.4 is 0 Å².